The van der Waals surface area contributed by atoms with E-state index >= 15 is 0 Å². The molecule has 0 spiro atoms. The summed E-state index contributed by atoms with van der Waals surface area (Å²) in [5.74, 6) is -0.663. The van der Waals surface area contributed by atoms with Crippen LogP contribution in [0.4, 0.5) is 0 Å². The number of nitrogens with zero attached hydrogens (tertiary/aromatic N) is 1. The summed E-state index contributed by atoms with van der Waals surface area (Å²) in [5, 5.41) is 3.86. The van der Waals surface area contributed by atoms with E-state index in [1.807, 2.05) is 35.9 Å². The van der Waals surface area contributed by atoms with Crippen molar-refractivity contribution in [2.45, 2.75) is 51.0 Å². The topological polar surface area (TPSA) is 60.3 Å². The number of esters is 1. The highest BCUT2D eigenvalue weighted by Gasteiger charge is 2.18. The third-order valence-electron chi connectivity index (χ3n) is 4.92. The molecule has 1 aliphatic rings. The van der Waals surface area contributed by atoms with Crippen molar-refractivity contribution in [1.82, 2.24) is 9.88 Å². The zero-order chi connectivity index (χ0) is 17.6. The molecule has 2 aromatic rings. The van der Waals surface area contributed by atoms with Crippen LogP contribution in [0, 0.1) is 0 Å². The number of benzene rings is 1. The molecular weight excluding hydrogens is 316 g/mol. The molecule has 1 saturated carbocycles. The van der Waals surface area contributed by atoms with Crippen molar-refractivity contribution >= 4 is 22.8 Å². The van der Waals surface area contributed by atoms with Gasteiger partial charge in [0.15, 0.2) is 6.61 Å². The Labute approximate surface area is 148 Å². The molecule has 1 N–H and O–H groups in total. The average Bonchev–Trinajstić information content (AvgIpc) is 2.92. The number of amides is 1. The van der Waals surface area contributed by atoms with E-state index in [0.29, 0.717) is 5.56 Å². The first-order chi connectivity index (χ1) is 12.1. The molecule has 1 aliphatic carbocycles. The highest BCUT2D eigenvalue weighted by Crippen LogP contribution is 2.21. The molecule has 1 aromatic carbocycles. The maximum atomic E-state index is 12.4. The van der Waals surface area contributed by atoms with Crippen molar-refractivity contribution in [2.24, 2.45) is 7.05 Å². The Morgan fingerprint density at radius 1 is 1.12 bits per heavy atom. The molecule has 1 heterocycles. The number of hydrogen-bond acceptors (Lipinski definition) is 3. The number of carbonyl (C=O) groups is 2. The number of aromatic nitrogens is 1. The predicted molar refractivity (Wildman–Crippen MR) is 97.5 cm³/mol. The van der Waals surface area contributed by atoms with Gasteiger partial charge in [0.25, 0.3) is 5.91 Å². The molecule has 5 nitrogen and oxygen atoms in total. The van der Waals surface area contributed by atoms with Gasteiger partial charge >= 0.3 is 5.97 Å². The average molecular weight is 342 g/mol. The van der Waals surface area contributed by atoms with Crippen molar-refractivity contribution < 1.29 is 14.3 Å². The quantitative estimate of drug-likeness (QED) is 0.864. The summed E-state index contributed by atoms with van der Waals surface area (Å²) in [4.78, 5) is 24.5. The summed E-state index contributed by atoms with van der Waals surface area (Å²) in [6.07, 6.45) is 9.86. The van der Waals surface area contributed by atoms with E-state index in [0.717, 1.165) is 36.6 Å². The fourth-order valence-electron chi connectivity index (χ4n) is 3.58. The minimum absolute atomic E-state index is 0.209. The molecule has 0 saturated heterocycles. The summed E-state index contributed by atoms with van der Waals surface area (Å²) >= 11 is 0. The lowest BCUT2D eigenvalue weighted by molar-refractivity contribution is -0.125. The van der Waals surface area contributed by atoms with Gasteiger partial charge in [0.1, 0.15) is 0 Å². The van der Waals surface area contributed by atoms with Gasteiger partial charge in [-0.3, -0.25) is 4.79 Å². The molecular formula is C20H26N2O3. The molecule has 3 rings (SSSR count). The van der Waals surface area contributed by atoms with Crippen molar-refractivity contribution in [3.8, 4) is 0 Å². The molecule has 0 radical (unpaired) electrons. The SMILES string of the molecule is Cn1cc(C(=O)OCC(=O)NC2CCCCCCC2)c2ccccc21. The van der Waals surface area contributed by atoms with Crippen molar-refractivity contribution in [3.05, 3.63) is 36.0 Å². The van der Waals surface area contributed by atoms with E-state index in [2.05, 4.69) is 5.32 Å². The number of fused-ring (bicyclic) bond motifs is 1. The number of hydrogen-bond donors (Lipinski definition) is 1. The largest absolute Gasteiger partial charge is 0.452 e. The molecule has 0 aliphatic heterocycles. The Bertz CT molecular complexity index is 742. The molecule has 134 valence electrons. The molecule has 1 fully saturated rings. The zero-order valence-corrected chi connectivity index (χ0v) is 14.8. The second-order valence-corrected chi connectivity index (χ2v) is 6.86. The molecule has 0 bridgehead atoms. The fourth-order valence-corrected chi connectivity index (χ4v) is 3.58. The minimum Gasteiger partial charge on any atom is -0.452 e. The number of ether oxygens (including phenoxy) is 1. The second kappa shape index (κ2) is 8.19. The summed E-state index contributed by atoms with van der Waals surface area (Å²) in [6.45, 7) is -0.224. The first kappa shape index (κ1) is 17.5. The van der Waals surface area contributed by atoms with Crippen LogP contribution >= 0.6 is 0 Å². The van der Waals surface area contributed by atoms with Gasteiger partial charge in [-0.2, -0.15) is 0 Å². The lowest BCUT2D eigenvalue weighted by Crippen LogP contribution is -2.38. The molecule has 0 atom stereocenters. The van der Waals surface area contributed by atoms with Gasteiger partial charge in [-0.15, -0.1) is 0 Å². The van der Waals surface area contributed by atoms with Gasteiger partial charge < -0.3 is 14.6 Å². The molecule has 25 heavy (non-hydrogen) atoms. The van der Waals surface area contributed by atoms with Crippen molar-refractivity contribution in [2.75, 3.05) is 6.61 Å². The third-order valence-corrected chi connectivity index (χ3v) is 4.92. The number of rotatable bonds is 4. The normalized spacial score (nSPS) is 16.2. The Kier molecular flexibility index (Phi) is 5.74. The van der Waals surface area contributed by atoms with Crippen LogP contribution in [-0.2, 0) is 16.6 Å². The van der Waals surface area contributed by atoms with E-state index in [1.54, 1.807) is 6.20 Å². The van der Waals surface area contributed by atoms with Crippen molar-refractivity contribution in [1.29, 1.82) is 0 Å². The highest BCUT2D eigenvalue weighted by molar-refractivity contribution is 6.04. The summed E-state index contributed by atoms with van der Waals surface area (Å²) < 4.78 is 7.13. The van der Waals surface area contributed by atoms with Crippen LogP contribution < -0.4 is 5.32 Å². The van der Waals surface area contributed by atoms with Gasteiger partial charge in [-0.1, -0.05) is 50.3 Å². The van der Waals surface area contributed by atoms with Crippen LogP contribution in [0.2, 0.25) is 0 Å². The summed E-state index contributed by atoms with van der Waals surface area (Å²) in [7, 11) is 1.89. The van der Waals surface area contributed by atoms with Crippen LogP contribution in [-0.4, -0.2) is 29.1 Å². The van der Waals surface area contributed by atoms with E-state index in [1.165, 1.54) is 19.3 Å². The second-order valence-electron chi connectivity index (χ2n) is 6.86. The van der Waals surface area contributed by atoms with Gasteiger partial charge in [0.2, 0.25) is 0 Å². The van der Waals surface area contributed by atoms with Gasteiger partial charge in [-0.05, 0) is 18.9 Å². The summed E-state index contributed by atoms with van der Waals surface area (Å²) in [6, 6.07) is 7.87. The number of para-hydroxylation sites is 1. The Balaban J connectivity index is 1.55. The number of carbonyl (C=O) groups excluding carboxylic acids is 2. The van der Waals surface area contributed by atoms with Crippen LogP contribution in [0.25, 0.3) is 10.9 Å². The predicted octanol–water partition coefficient (Wildman–Crippen LogP) is 3.56. The fraction of sp³-hybridized carbons (Fsp3) is 0.500. The first-order valence-electron chi connectivity index (χ1n) is 9.15. The van der Waals surface area contributed by atoms with Crippen LogP contribution in [0.5, 0.6) is 0 Å². The molecule has 0 unspecified atom stereocenters. The van der Waals surface area contributed by atoms with Gasteiger partial charge in [0.05, 0.1) is 5.56 Å². The van der Waals surface area contributed by atoms with Gasteiger partial charge in [0, 0.05) is 30.2 Å². The standard InChI is InChI=1S/C20H26N2O3/c1-22-13-17(16-11-7-8-12-18(16)22)20(24)25-14-19(23)21-15-9-5-3-2-4-6-10-15/h7-8,11-13,15H,2-6,9-10,14H2,1H3,(H,21,23). The maximum Gasteiger partial charge on any atom is 0.340 e. The van der Waals surface area contributed by atoms with E-state index in [9.17, 15) is 9.59 Å². The first-order valence-corrected chi connectivity index (χ1v) is 9.15. The maximum absolute atomic E-state index is 12.4. The Morgan fingerprint density at radius 3 is 2.56 bits per heavy atom. The van der Waals surface area contributed by atoms with Crippen LogP contribution in [0.1, 0.15) is 55.3 Å². The van der Waals surface area contributed by atoms with E-state index in [-0.39, 0.29) is 18.6 Å². The molecule has 5 heteroatoms. The van der Waals surface area contributed by atoms with Crippen molar-refractivity contribution in [3.63, 3.8) is 0 Å². The zero-order valence-electron chi connectivity index (χ0n) is 14.8. The van der Waals surface area contributed by atoms with Gasteiger partial charge in [-0.25, -0.2) is 4.79 Å². The van der Waals surface area contributed by atoms with Crippen LogP contribution in [0.15, 0.2) is 30.5 Å². The molecule has 1 amide bonds. The van der Waals surface area contributed by atoms with E-state index in [4.69, 9.17) is 4.74 Å². The number of nitrogens with one attached hydrogen (secondary N) is 1. The smallest absolute Gasteiger partial charge is 0.340 e. The lowest BCUT2D eigenvalue weighted by Gasteiger charge is -2.20. The minimum atomic E-state index is -0.454. The monoisotopic (exact) mass is 342 g/mol. The Morgan fingerprint density at radius 2 is 1.80 bits per heavy atom. The highest BCUT2D eigenvalue weighted by atomic mass is 16.5. The lowest BCUT2D eigenvalue weighted by atomic mass is 9.97. The van der Waals surface area contributed by atoms with E-state index < -0.39 is 5.97 Å². The summed E-state index contributed by atoms with van der Waals surface area (Å²) in [5.41, 5.74) is 1.46. The number of aryl methyl sites for hydroxylation is 1. The molecule has 1 aromatic heterocycles. The third kappa shape index (κ3) is 4.41. The van der Waals surface area contributed by atoms with Crippen LogP contribution in [0.3, 0.4) is 0 Å². The Hall–Kier alpha value is -2.30.